The van der Waals surface area contributed by atoms with Gasteiger partial charge in [-0.15, -0.1) is 0 Å². The summed E-state index contributed by atoms with van der Waals surface area (Å²) in [7, 11) is 0. The maximum atomic E-state index is 12.1. The number of nitrogens with zero attached hydrogens (tertiary/aromatic N) is 1. The van der Waals surface area contributed by atoms with Crippen LogP contribution in [-0.2, 0) is 0 Å². The first kappa shape index (κ1) is 15.0. The number of hydrogen-bond donors (Lipinski definition) is 2. The topological polar surface area (TPSA) is 75.2 Å². The summed E-state index contributed by atoms with van der Waals surface area (Å²) in [5.41, 5.74) is 1.42. The van der Waals surface area contributed by atoms with Crippen LogP contribution in [0.1, 0.15) is 0 Å². The maximum Gasteiger partial charge on any atom is 0.258 e. The molecule has 3 aromatic carbocycles. The zero-order valence-corrected chi connectivity index (χ0v) is 13.1. The van der Waals surface area contributed by atoms with Crippen LogP contribution in [0, 0.1) is 0 Å². The molecule has 4 aromatic rings. The number of ether oxygens (including phenoxy) is 1. The minimum atomic E-state index is -0.302. The van der Waals surface area contributed by atoms with E-state index in [1.54, 1.807) is 12.1 Å². The Hall–Kier alpha value is -3.60. The summed E-state index contributed by atoms with van der Waals surface area (Å²) >= 11 is 0. The van der Waals surface area contributed by atoms with Crippen LogP contribution in [0.15, 0.2) is 77.9 Å². The molecule has 122 valence electrons. The lowest BCUT2D eigenvalue weighted by atomic mass is 10.0. The molecule has 25 heavy (non-hydrogen) atoms. The van der Waals surface area contributed by atoms with E-state index in [-0.39, 0.29) is 16.8 Å². The SMILES string of the molecule is O=c1[nH]cnc2c(O)cc(-c3ccccc3Oc3ccccc3)cc12. The molecule has 0 saturated carbocycles. The molecule has 0 saturated heterocycles. The summed E-state index contributed by atoms with van der Waals surface area (Å²) in [5.74, 6) is 1.29. The van der Waals surface area contributed by atoms with Crippen LogP contribution in [0.5, 0.6) is 17.2 Å². The number of hydrogen-bond acceptors (Lipinski definition) is 4. The largest absolute Gasteiger partial charge is 0.506 e. The number of fused-ring (bicyclic) bond motifs is 1. The first-order chi connectivity index (χ1) is 12.2. The number of aromatic nitrogens is 2. The van der Waals surface area contributed by atoms with Gasteiger partial charge in [-0.1, -0.05) is 36.4 Å². The second kappa shape index (κ2) is 6.13. The molecule has 5 nitrogen and oxygen atoms in total. The van der Waals surface area contributed by atoms with Gasteiger partial charge in [0.05, 0.1) is 11.7 Å². The van der Waals surface area contributed by atoms with Crippen LogP contribution in [0.3, 0.4) is 0 Å². The van der Waals surface area contributed by atoms with Gasteiger partial charge in [-0.05, 0) is 35.9 Å². The highest BCUT2D eigenvalue weighted by molar-refractivity contribution is 5.89. The normalized spacial score (nSPS) is 10.7. The smallest absolute Gasteiger partial charge is 0.258 e. The molecule has 0 aliphatic rings. The van der Waals surface area contributed by atoms with E-state index in [9.17, 15) is 9.90 Å². The third kappa shape index (κ3) is 2.83. The summed E-state index contributed by atoms with van der Waals surface area (Å²) in [5, 5.41) is 10.6. The van der Waals surface area contributed by atoms with E-state index in [2.05, 4.69) is 9.97 Å². The molecular weight excluding hydrogens is 316 g/mol. The predicted molar refractivity (Wildman–Crippen MR) is 96.0 cm³/mol. The fraction of sp³-hybridized carbons (Fsp3) is 0. The molecule has 0 radical (unpaired) electrons. The van der Waals surface area contributed by atoms with Crippen molar-refractivity contribution in [3.8, 4) is 28.4 Å². The fourth-order valence-corrected chi connectivity index (χ4v) is 2.73. The summed E-state index contributed by atoms with van der Waals surface area (Å²) in [4.78, 5) is 18.6. The fourth-order valence-electron chi connectivity index (χ4n) is 2.73. The van der Waals surface area contributed by atoms with Crippen molar-refractivity contribution in [3.05, 3.63) is 83.4 Å². The van der Waals surface area contributed by atoms with Gasteiger partial charge in [0.1, 0.15) is 22.8 Å². The van der Waals surface area contributed by atoms with E-state index < -0.39 is 0 Å². The maximum absolute atomic E-state index is 12.1. The number of para-hydroxylation sites is 2. The molecule has 0 bridgehead atoms. The Balaban J connectivity index is 1.87. The summed E-state index contributed by atoms with van der Waals surface area (Å²) in [6.07, 6.45) is 1.27. The zero-order valence-electron chi connectivity index (χ0n) is 13.1. The quantitative estimate of drug-likeness (QED) is 0.593. The van der Waals surface area contributed by atoms with Gasteiger partial charge in [-0.25, -0.2) is 4.98 Å². The van der Waals surface area contributed by atoms with Gasteiger partial charge in [0.2, 0.25) is 0 Å². The summed E-state index contributed by atoms with van der Waals surface area (Å²) in [6, 6.07) is 20.2. The highest BCUT2D eigenvalue weighted by Gasteiger charge is 2.12. The molecule has 4 rings (SSSR count). The molecule has 0 aliphatic carbocycles. The standard InChI is InChI=1S/C20H14N2O3/c23-17-11-13(10-16-19(17)21-12-22-20(16)24)15-8-4-5-9-18(15)25-14-6-2-1-3-7-14/h1-12,23H,(H,21,22,24). The van der Waals surface area contributed by atoms with Crippen molar-refractivity contribution in [2.45, 2.75) is 0 Å². The summed E-state index contributed by atoms with van der Waals surface area (Å²) in [6.45, 7) is 0. The van der Waals surface area contributed by atoms with E-state index in [0.29, 0.717) is 22.4 Å². The molecule has 0 unspecified atom stereocenters. The third-order valence-electron chi connectivity index (χ3n) is 3.89. The Bertz CT molecular complexity index is 1100. The van der Waals surface area contributed by atoms with Crippen LogP contribution < -0.4 is 10.3 Å². The molecule has 0 aliphatic heterocycles. The number of nitrogens with one attached hydrogen (secondary N) is 1. The molecule has 0 spiro atoms. The average Bonchev–Trinajstić information content (AvgIpc) is 2.64. The Morgan fingerprint density at radius 2 is 1.72 bits per heavy atom. The van der Waals surface area contributed by atoms with Crippen molar-refractivity contribution in [3.63, 3.8) is 0 Å². The number of rotatable bonds is 3. The lowest BCUT2D eigenvalue weighted by molar-refractivity contribution is 0.479. The molecule has 0 atom stereocenters. The van der Waals surface area contributed by atoms with Gasteiger partial charge in [0.25, 0.3) is 5.56 Å². The molecule has 1 heterocycles. The van der Waals surface area contributed by atoms with Crippen molar-refractivity contribution in [2.75, 3.05) is 0 Å². The van der Waals surface area contributed by atoms with Crippen LogP contribution >= 0.6 is 0 Å². The van der Waals surface area contributed by atoms with E-state index in [1.165, 1.54) is 6.33 Å². The monoisotopic (exact) mass is 330 g/mol. The lowest BCUT2D eigenvalue weighted by Crippen LogP contribution is -2.06. The minimum absolute atomic E-state index is 0.0480. The van der Waals surface area contributed by atoms with E-state index >= 15 is 0 Å². The van der Waals surface area contributed by atoms with Gasteiger partial charge in [0.15, 0.2) is 0 Å². The minimum Gasteiger partial charge on any atom is -0.506 e. The van der Waals surface area contributed by atoms with Gasteiger partial charge in [-0.3, -0.25) is 4.79 Å². The van der Waals surface area contributed by atoms with E-state index in [1.807, 2.05) is 54.6 Å². The molecule has 1 aromatic heterocycles. The Morgan fingerprint density at radius 1 is 0.960 bits per heavy atom. The van der Waals surface area contributed by atoms with Crippen molar-refractivity contribution < 1.29 is 9.84 Å². The number of aromatic amines is 1. The number of phenols is 1. The Kier molecular flexibility index (Phi) is 3.67. The average molecular weight is 330 g/mol. The molecule has 2 N–H and O–H groups in total. The van der Waals surface area contributed by atoms with Gasteiger partial charge in [-0.2, -0.15) is 0 Å². The lowest BCUT2D eigenvalue weighted by Gasteiger charge is -2.12. The first-order valence-corrected chi connectivity index (χ1v) is 7.75. The van der Waals surface area contributed by atoms with Crippen molar-refractivity contribution in [1.82, 2.24) is 9.97 Å². The van der Waals surface area contributed by atoms with Crippen LogP contribution in [-0.4, -0.2) is 15.1 Å². The number of H-pyrrole nitrogens is 1. The number of aromatic hydroxyl groups is 1. The zero-order chi connectivity index (χ0) is 17.2. The second-order valence-corrected chi connectivity index (χ2v) is 5.53. The first-order valence-electron chi connectivity index (χ1n) is 7.75. The van der Waals surface area contributed by atoms with E-state index in [0.717, 1.165) is 5.56 Å². The molecule has 5 heteroatoms. The van der Waals surface area contributed by atoms with Crippen molar-refractivity contribution in [2.24, 2.45) is 0 Å². The highest BCUT2D eigenvalue weighted by atomic mass is 16.5. The Morgan fingerprint density at radius 3 is 2.56 bits per heavy atom. The molecule has 0 fully saturated rings. The number of benzene rings is 3. The van der Waals surface area contributed by atoms with Gasteiger partial charge in [0, 0.05) is 5.56 Å². The van der Waals surface area contributed by atoms with Crippen LogP contribution in [0.25, 0.3) is 22.0 Å². The molecular formula is C20H14N2O3. The van der Waals surface area contributed by atoms with E-state index in [4.69, 9.17) is 4.74 Å². The molecule has 0 amide bonds. The third-order valence-corrected chi connectivity index (χ3v) is 3.89. The van der Waals surface area contributed by atoms with Crippen LogP contribution in [0.4, 0.5) is 0 Å². The van der Waals surface area contributed by atoms with Crippen molar-refractivity contribution in [1.29, 1.82) is 0 Å². The van der Waals surface area contributed by atoms with Gasteiger partial charge < -0.3 is 14.8 Å². The van der Waals surface area contributed by atoms with Gasteiger partial charge >= 0.3 is 0 Å². The predicted octanol–water partition coefficient (Wildman–Crippen LogP) is 4.09. The second-order valence-electron chi connectivity index (χ2n) is 5.53. The summed E-state index contributed by atoms with van der Waals surface area (Å²) < 4.78 is 5.96. The highest BCUT2D eigenvalue weighted by Crippen LogP contribution is 2.36. The number of phenolic OH excluding ortho intramolecular Hbond substituents is 1. The Labute approximate surface area is 143 Å². The van der Waals surface area contributed by atoms with Crippen LogP contribution in [0.2, 0.25) is 0 Å². The van der Waals surface area contributed by atoms with Crippen molar-refractivity contribution >= 4 is 10.9 Å².